The van der Waals surface area contributed by atoms with Crippen molar-refractivity contribution in [3.63, 3.8) is 0 Å². The van der Waals surface area contributed by atoms with Crippen LogP contribution >= 0.6 is 0 Å². The molecule has 1 heterocycles. The Morgan fingerprint density at radius 3 is 1.79 bits per heavy atom. The van der Waals surface area contributed by atoms with E-state index in [2.05, 4.69) is 16.0 Å². The lowest BCUT2D eigenvalue weighted by Crippen LogP contribution is -2.50. The van der Waals surface area contributed by atoms with Crippen molar-refractivity contribution in [2.75, 3.05) is 19.6 Å². The summed E-state index contributed by atoms with van der Waals surface area (Å²) in [6.45, 7) is 2.32. The molecule has 4 amide bonds. The Hall–Kier alpha value is -1.46. The Bertz CT molecular complexity index is 477. The van der Waals surface area contributed by atoms with Crippen LogP contribution in [-0.2, 0) is 0 Å². The average molecular weight is 393 g/mol. The predicted octanol–water partition coefficient (Wildman–Crippen LogP) is 4.15. The summed E-state index contributed by atoms with van der Waals surface area (Å²) >= 11 is 0. The van der Waals surface area contributed by atoms with E-state index in [0.717, 1.165) is 58.2 Å². The van der Waals surface area contributed by atoms with E-state index in [4.69, 9.17) is 0 Å². The van der Waals surface area contributed by atoms with Crippen molar-refractivity contribution >= 4 is 12.1 Å². The minimum Gasteiger partial charge on any atom is -0.338 e. The molecule has 0 spiro atoms. The van der Waals surface area contributed by atoms with Crippen molar-refractivity contribution < 1.29 is 9.59 Å². The molecule has 3 fully saturated rings. The van der Waals surface area contributed by atoms with E-state index >= 15 is 0 Å². The zero-order chi connectivity index (χ0) is 19.6. The second-order valence-corrected chi connectivity index (χ2v) is 9.11. The van der Waals surface area contributed by atoms with Crippen molar-refractivity contribution in [3.8, 4) is 0 Å². The lowest BCUT2D eigenvalue weighted by molar-refractivity contribution is 0.163. The van der Waals surface area contributed by atoms with Gasteiger partial charge in [-0.2, -0.15) is 0 Å². The van der Waals surface area contributed by atoms with Gasteiger partial charge in [0.05, 0.1) is 0 Å². The predicted molar refractivity (Wildman–Crippen MR) is 112 cm³/mol. The van der Waals surface area contributed by atoms with Gasteiger partial charge in [-0.25, -0.2) is 9.59 Å². The quantitative estimate of drug-likeness (QED) is 0.672. The number of amides is 4. The summed E-state index contributed by atoms with van der Waals surface area (Å²) in [5, 5.41) is 9.47. The molecule has 0 unspecified atom stereocenters. The van der Waals surface area contributed by atoms with Gasteiger partial charge >= 0.3 is 12.1 Å². The molecule has 6 nitrogen and oxygen atoms in total. The zero-order valence-electron chi connectivity index (χ0n) is 17.5. The molecule has 3 rings (SSSR count). The van der Waals surface area contributed by atoms with Gasteiger partial charge in [0.1, 0.15) is 0 Å². The van der Waals surface area contributed by atoms with Crippen LogP contribution in [0.2, 0.25) is 0 Å². The highest BCUT2D eigenvalue weighted by atomic mass is 16.2. The Morgan fingerprint density at radius 2 is 1.18 bits per heavy atom. The van der Waals surface area contributed by atoms with Crippen molar-refractivity contribution in [2.24, 2.45) is 5.92 Å². The molecule has 0 aromatic carbocycles. The first-order valence-electron chi connectivity index (χ1n) is 11.8. The van der Waals surface area contributed by atoms with Crippen LogP contribution in [-0.4, -0.2) is 48.7 Å². The third-order valence-corrected chi connectivity index (χ3v) is 6.83. The second kappa shape index (κ2) is 11.5. The Labute approximate surface area is 170 Å². The van der Waals surface area contributed by atoms with Gasteiger partial charge in [-0.1, -0.05) is 51.4 Å². The zero-order valence-corrected chi connectivity index (χ0v) is 17.5. The molecule has 0 aromatic heterocycles. The summed E-state index contributed by atoms with van der Waals surface area (Å²) in [4.78, 5) is 26.7. The molecule has 0 radical (unpaired) electrons. The lowest BCUT2D eigenvalue weighted by Gasteiger charge is -2.34. The molecule has 2 aliphatic carbocycles. The minimum absolute atomic E-state index is 0.0111. The molecule has 0 bridgehead atoms. The second-order valence-electron chi connectivity index (χ2n) is 9.11. The van der Waals surface area contributed by atoms with Gasteiger partial charge in [0.2, 0.25) is 0 Å². The summed E-state index contributed by atoms with van der Waals surface area (Å²) in [6, 6.07) is 0.812. The molecule has 2 saturated carbocycles. The highest BCUT2D eigenvalue weighted by Gasteiger charge is 2.25. The van der Waals surface area contributed by atoms with Gasteiger partial charge in [-0.05, 0) is 44.4 Å². The monoisotopic (exact) mass is 392 g/mol. The molecular weight excluding hydrogens is 352 g/mol. The number of likely N-dealkylation sites (tertiary alicyclic amines) is 1. The molecule has 1 saturated heterocycles. The topological polar surface area (TPSA) is 73.5 Å². The maximum atomic E-state index is 12.4. The van der Waals surface area contributed by atoms with Crippen molar-refractivity contribution in [2.45, 2.75) is 102 Å². The minimum atomic E-state index is -0.0111. The number of nitrogens with one attached hydrogen (secondary N) is 3. The highest BCUT2D eigenvalue weighted by molar-refractivity contribution is 5.75. The van der Waals surface area contributed by atoms with Gasteiger partial charge < -0.3 is 20.9 Å². The van der Waals surface area contributed by atoms with Gasteiger partial charge in [0, 0.05) is 31.7 Å². The molecule has 160 valence electrons. The van der Waals surface area contributed by atoms with Gasteiger partial charge in [0.15, 0.2) is 0 Å². The maximum absolute atomic E-state index is 12.4. The summed E-state index contributed by atoms with van der Waals surface area (Å²) < 4.78 is 0. The van der Waals surface area contributed by atoms with Gasteiger partial charge in [0.25, 0.3) is 0 Å². The van der Waals surface area contributed by atoms with E-state index in [9.17, 15) is 9.59 Å². The fraction of sp³-hybridized carbons (Fsp3) is 0.909. The Balaban J connectivity index is 1.29. The molecule has 0 aromatic rings. The fourth-order valence-corrected chi connectivity index (χ4v) is 4.93. The highest BCUT2D eigenvalue weighted by Crippen LogP contribution is 2.20. The van der Waals surface area contributed by atoms with E-state index in [-0.39, 0.29) is 12.1 Å². The first-order valence-corrected chi connectivity index (χ1v) is 11.8. The van der Waals surface area contributed by atoms with Crippen molar-refractivity contribution in [1.82, 2.24) is 20.9 Å². The Morgan fingerprint density at radius 1 is 0.679 bits per heavy atom. The molecule has 6 heteroatoms. The van der Waals surface area contributed by atoms with Crippen LogP contribution in [0.4, 0.5) is 9.59 Å². The first kappa shape index (κ1) is 21.3. The Kier molecular flexibility index (Phi) is 8.74. The number of urea groups is 2. The lowest BCUT2D eigenvalue weighted by atomic mass is 9.95. The van der Waals surface area contributed by atoms with Crippen LogP contribution < -0.4 is 16.0 Å². The van der Waals surface area contributed by atoms with Crippen LogP contribution in [0.1, 0.15) is 89.9 Å². The third-order valence-electron chi connectivity index (χ3n) is 6.83. The molecule has 1 aliphatic heterocycles. The van der Waals surface area contributed by atoms with Crippen LogP contribution in [0, 0.1) is 5.92 Å². The van der Waals surface area contributed by atoms with Crippen LogP contribution in [0.3, 0.4) is 0 Å². The van der Waals surface area contributed by atoms with E-state index in [1.807, 2.05) is 4.90 Å². The van der Waals surface area contributed by atoms with Crippen LogP contribution in [0.5, 0.6) is 0 Å². The van der Waals surface area contributed by atoms with E-state index in [0.29, 0.717) is 18.0 Å². The third kappa shape index (κ3) is 7.17. The summed E-state index contributed by atoms with van der Waals surface area (Å²) in [6.07, 6.45) is 16.6. The molecule has 3 aliphatic rings. The number of hydrogen-bond donors (Lipinski definition) is 3. The molecule has 28 heavy (non-hydrogen) atoms. The number of carbonyl (C=O) groups excluding carboxylic acids is 2. The summed E-state index contributed by atoms with van der Waals surface area (Å²) in [7, 11) is 0. The van der Waals surface area contributed by atoms with Gasteiger partial charge in [-0.3, -0.25) is 0 Å². The fourth-order valence-electron chi connectivity index (χ4n) is 4.93. The van der Waals surface area contributed by atoms with Crippen molar-refractivity contribution in [3.05, 3.63) is 0 Å². The number of carbonyl (C=O) groups is 2. The molecular formula is C22H40N4O2. The number of hydrogen-bond acceptors (Lipinski definition) is 2. The first-order chi connectivity index (χ1) is 13.7. The van der Waals surface area contributed by atoms with Crippen molar-refractivity contribution in [1.29, 1.82) is 0 Å². The molecule has 3 N–H and O–H groups in total. The summed E-state index contributed by atoms with van der Waals surface area (Å²) in [5.41, 5.74) is 0. The smallest absolute Gasteiger partial charge is 0.317 e. The number of rotatable bonds is 4. The van der Waals surface area contributed by atoms with Crippen LogP contribution in [0.25, 0.3) is 0 Å². The van der Waals surface area contributed by atoms with E-state index in [1.54, 1.807) is 0 Å². The van der Waals surface area contributed by atoms with Crippen LogP contribution in [0.15, 0.2) is 0 Å². The van der Waals surface area contributed by atoms with E-state index < -0.39 is 0 Å². The number of piperidine rings is 1. The van der Waals surface area contributed by atoms with Gasteiger partial charge in [-0.15, -0.1) is 0 Å². The molecule has 0 atom stereocenters. The maximum Gasteiger partial charge on any atom is 0.317 e. The largest absolute Gasteiger partial charge is 0.338 e. The SMILES string of the molecule is O=C(NCC1CCN(C(=O)NC2CCCCC2)CC1)NC1CCCCCCC1. The van der Waals surface area contributed by atoms with E-state index in [1.165, 1.54) is 51.4 Å². The average Bonchev–Trinajstić information content (AvgIpc) is 2.69. The standard InChI is InChI=1S/C22H40N4O2/c27-21(24-19-9-5-2-1-3-6-10-19)23-17-18-13-15-26(16-14-18)22(28)25-20-11-7-4-8-12-20/h18-20H,1-17H2,(H,25,28)(H2,23,24,27). The normalized spacial score (nSPS) is 23.5. The summed E-state index contributed by atoms with van der Waals surface area (Å²) in [5.74, 6) is 0.474. The number of nitrogens with zero attached hydrogens (tertiary/aromatic N) is 1.